The van der Waals surface area contributed by atoms with Crippen molar-refractivity contribution < 1.29 is 19.8 Å². The number of carboxylic acid groups (broad SMARTS) is 1. The zero-order valence-electron chi connectivity index (χ0n) is 15.4. The lowest BCUT2D eigenvalue weighted by molar-refractivity contribution is -0.144. The van der Waals surface area contributed by atoms with Crippen molar-refractivity contribution in [1.29, 1.82) is 0 Å². The molecule has 0 saturated heterocycles. The van der Waals surface area contributed by atoms with Gasteiger partial charge < -0.3 is 20.4 Å². The van der Waals surface area contributed by atoms with Gasteiger partial charge in [0.2, 0.25) is 0 Å². The summed E-state index contributed by atoms with van der Waals surface area (Å²) < 4.78 is 0. The molecule has 1 aliphatic carbocycles. The van der Waals surface area contributed by atoms with Gasteiger partial charge in [-0.25, -0.2) is 4.79 Å². The van der Waals surface area contributed by atoms with E-state index in [1.807, 2.05) is 13.8 Å². The average molecular weight is 342 g/mol. The van der Waals surface area contributed by atoms with Gasteiger partial charge >= 0.3 is 12.0 Å². The summed E-state index contributed by atoms with van der Waals surface area (Å²) in [4.78, 5) is 25.2. The van der Waals surface area contributed by atoms with E-state index in [4.69, 9.17) is 5.11 Å². The molecule has 6 nitrogen and oxygen atoms in total. The molecule has 140 valence electrons. The Kier molecular flexibility index (Phi) is 8.53. The van der Waals surface area contributed by atoms with Crippen LogP contribution in [-0.2, 0) is 4.79 Å². The fraction of sp³-hybridized carbons (Fsp3) is 0.889. The summed E-state index contributed by atoms with van der Waals surface area (Å²) in [6.45, 7) is 6.52. The van der Waals surface area contributed by atoms with Gasteiger partial charge in [0.25, 0.3) is 0 Å². The average Bonchev–Trinajstić information content (AvgIpc) is 2.56. The van der Waals surface area contributed by atoms with Crippen molar-refractivity contribution >= 4 is 12.0 Å². The number of aliphatic hydroxyl groups excluding tert-OH is 1. The van der Waals surface area contributed by atoms with E-state index in [1.165, 1.54) is 32.1 Å². The number of carbonyl (C=O) groups excluding carboxylic acids is 1. The Morgan fingerprint density at radius 2 is 1.83 bits per heavy atom. The zero-order chi connectivity index (χ0) is 18.2. The van der Waals surface area contributed by atoms with Crippen LogP contribution in [-0.4, -0.2) is 53.4 Å². The van der Waals surface area contributed by atoms with Gasteiger partial charge in [0.05, 0.1) is 12.5 Å². The number of carbonyl (C=O) groups is 2. The Hall–Kier alpha value is -1.30. The lowest BCUT2D eigenvalue weighted by Gasteiger charge is -2.31. The van der Waals surface area contributed by atoms with Gasteiger partial charge in [-0.15, -0.1) is 0 Å². The van der Waals surface area contributed by atoms with Crippen molar-refractivity contribution in [1.82, 2.24) is 10.2 Å². The Bertz CT molecular complexity index is 406. The minimum atomic E-state index is -0.862. The van der Waals surface area contributed by atoms with Crippen LogP contribution in [0.15, 0.2) is 0 Å². The lowest BCUT2D eigenvalue weighted by atomic mass is 9.80. The van der Waals surface area contributed by atoms with E-state index in [-0.39, 0.29) is 12.6 Å². The van der Waals surface area contributed by atoms with Crippen molar-refractivity contribution in [3.63, 3.8) is 0 Å². The monoisotopic (exact) mass is 342 g/mol. The van der Waals surface area contributed by atoms with E-state index in [0.717, 1.165) is 6.42 Å². The number of aliphatic hydroxyl groups is 1. The molecule has 0 heterocycles. The predicted octanol–water partition coefficient (Wildman–Crippen LogP) is 2.71. The summed E-state index contributed by atoms with van der Waals surface area (Å²) in [6, 6.07) is -0.217. The van der Waals surface area contributed by atoms with Crippen LogP contribution in [0.5, 0.6) is 0 Å². The van der Waals surface area contributed by atoms with Gasteiger partial charge in [-0.05, 0) is 17.8 Å². The molecular formula is C18H34N2O4. The molecule has 2 amide bonds. The molecule has 1 saturated carbocycles. The summed E-state index contributed by atoms with van der Waals surface area (Å²) in [5.74, 6) is -0.735. The van der Waals surface area contributed by atoms with E-state index >= 15 is 0 Å². The molecule has 1 aliphatic rings. The second-order valence-corrected chi connectivity index (χ2v) is 7.71. The highest BCUT2D eigenvalue weighted by molar-refractivity contribution is 5.74. The summed E-state index contributed by atoms with van der Waals surface area (Å²) in [5, 5.41) is 21.2. The Morgan fingerprint density at radius 1 is 1.21 bits per heavy atom. The number of nitrogens with zero attached hydrogens (tertiary/aromatic N) is 1. The first-order chi connectivity index (χ1) is 11.3. The zero-order valence-corrected chi connectivity index (χ0v) is 15.4. The number of carboxylic acids is 1. The summed E-state index contributed by atoms with van der Waals surface area (Å²) in [6.07, 6.45) is 7.31. The van der Waals surface area contributed by atoms with E-state index in [9.17, 15) is 14.7 Å². The molecule has 24 heavy (non-hydrogen) atoms. The van der Waals surface area contributed by atoms with Crippen molar-refractivity contribution in [3.05, 3.63) is 0 Å². The van der Waals surface area contributed by atoms with Crippen LogP contribution < -0.4 is 5.32 Å². The number of hydrogen-bond acceptors (Lipinski definition) is 3. The van der Waals surface area contributed by atoms with Crippen LogP contribution in [0.3, 0.4) is 0 Å². The third kappa shape index (κ3) is 6.67. The standard InChI is InChI=1S/C18H34N2O4/c1-14(16(22)23)18(2,3)13-19-17(24)20(11-12-21)10-9-15-7-5-4-6-8-15/h14-15,21H,4-13H2,1-3H3,(H,19,24)(H,22,23)/t14-/m0/s1. The Balaban J connectivity index is 2.48. The number of urea groups is 1. The molecule has 0 unspecified atom stereocenters. The lowest BCUT2D eigenvalue weighted by Crippen LogP contribution is -2.47. The van der Waals surface area contributed by atoms with Crippen LogP contribution in [0.25, 0.3) is 0 Å². The summed E-state index contributed by atoms with van der Waals surface area (Å²) in [5.41, 5.74) is -0.532. The fourth-order valence-electron chi connectivity index (χ4n) is 3.15. The van der Waals surface area contributed by atoms with Crippen LogP contribution in [0, 0.1) is 17.3 Å². The van der Waals surface area contributed by atoms with E-state index in [2.05, 4.69) is 5.32 Å². The van der Waals surface area contributed by atoms with E-state index in [0.29, 0.717) is 25.6 Å². The van der Waals surface area contributed by atoms with Gasteiger partial charge in [-0.1, -0.05) is 52.9 Å². The molecule has 0 radical (unpaired) electrons. The van der Waals surface area contributed by atoms with Gasteiger partial charge in [0, 0.05) is 19.6 Å². The maximum atomic E-state index is 12.4. The van der Waals surface area contributed by atoms with Crippen molar-refractivity contribution in [2.45, 2.75) is 59.3 Å². The minimum absolute atomic E-state index is 0.0625. The molecule has 6 heteroatoms. The van der Waals surface area contributed by atoms with Gasteiger partial charge in [-0.2, -0.15) is 0 Å². The summed E-state index contributed by atoms with van der Waals surface area (Å²) in [7, 11) is 0. The quantitative estimate of drug-likeness (QED) is 0.601. The van der Waals surface area contributed by atoms with Crippen molar-refractivity contribution in [2.75, 3.05) is 26.2 Å². The van der Waals surface area contributed by atoms with E-state index in [1.54, 1.807) is 11.8 Å². The fourth-order valence-corrected chi connectivity index (χ4v) is 3.15. The van der Waals surface area contributed by atoms with Gasteiger partial charge in [0.15, 0.2) is 0 Å². The molecular weight excluding hydrogens is 308 g/mol. The molecule has 3 N–H and O–H groups in total. The Labute approximate surface area is 145 Å². The molecule has 0 spiro atoms. The largest absolute Gasteiger partial charge is 0.481 e. The molecule has 0 aromatic heterocycles. The topological polar surface area (TPSA) is 89.9 Å². The second kappa shape index (κ2) is 9.87. The molecule has 0 aromatic rings. The highest BCUT2D eigenvalue weighted by Gasteiger charge is 2.32. The van der Waals surface area contributed by atoms with Crippen molar-refractivity contribution in [2.24, 2.45) is 17.3 Å². The molecule has 0 bridgehead atoms. The highest BCUT2D eigenvalue weighted by Crippen LogP contribution is 2.27. The van der Waals surface area contributed by atoms with Crippen LogP contribution in [0.1, 0.15) is 59.3 Å². The molecule has 1 rings (SSSR count). The molecule has 1 fully saturated rings. The number of hydrogen-bond donors (Lipinski definition) is 3. The molecule has 0 aliphatic heterocycles. The SMILES string of the molecule is C[C@@H](C(=O)O)C(C)(C)CNC(=O)N(CCO)CCC1CCCCC1. The Morgan fingerprint density at radius 3 is 2.38 bits per heavy atom. The van der Waals surface area contributed by atoms with E-state index < -0.39 is 17.3 Å². The number of rotatable bonds is 9. The third-order valence-corrected chi connectivity index (χ3v) is 5.43. The number of nitrogens with one attached hydrogen (secondary N) is 1. The van der Waals surface area contributed by atoms with Crippen LogP contribution in [0.4, 0.5) is 4.79 Å². The summed E-state index contributed by atoms with van der Waals surface area (Å²) >= 11 is 0. The van der Waals surface area contributed by atoms with Gasteiger partial charge in [0.1, 0.15) is 0 Å². The number of aliphatic carboxylic acids is 1. The normalized spacial score (nSPS) is 17.3. The predicted molar refractivity (Wildman–Crippen MR) is 93.8 cm³/mol. The highest BCUT2D eigenvalue weighted by atomic mass is 16.4. The van der Waals surface area contributed by atoms with Gasteiger partial charge in [-0.3, -0.25) is 4.79 Å². The minimum Gasteiger partial charge on any atom is -0.481 e. The maximum Gasteiger partial charge on any atom is 0.317 e. The number of amides is 2. The third-order valence-electron chi connectivity index (χ3n) is 5.43. The molecule has 1 atom stereocenters. The van der Waals surface area contributed by atoms with Crippen LogP contribution in [0.2, 0.25) is 0 Å². The van der Waals surface area contributed by atoms with Crippen molar-refractivity contribution in [3.8, 4) is 0 Å². The molecule has 0 aromatic carbocycles. The first-order valence-corrected chi connectivity index (χ1v) is 9.14. The maximum absolute atomic E-state index is 12.4. The first kappa shape index (κ1) is 20.7. The van der Waals surface area contributed by atoms with Crippen LogP contribution >= 0.6 is 0 Å². The first-order valence-electron chi connectivity index (χ1n) is 9.14. The second-order valence-electron chi connectivity index (χ2n) is 7.71. The smallest absolute Gasteiger partial charge is 0.317 e.